The first-order chi connectivity index (χ1) is 9.17. The second-order valence-corrected chi connectivity index (χ2v) is 6.77. The quantitative estimate of drug-likeness (QED) is 0.540. The fourth-order valence-corrected chi connectivity index (χ4v) is 1.76. The Kier molecular flexibility index (Phi) is 5.38. The molecular weight excluding hydrogens is 248 g/mol. The minimum absolute atomic E-state index is 0.157. The number of hydrogen-bond donors (Lipinski definition) is 0. The fraction of sp³-hybridized carbons (Fsp3) is 0.611. The molecule has 0 aliphatic carbocycles. The number of carbonyl (C=O) groups excluding carboxylic acids is 1. The third-order valence-corrected chi connectivity index (χ3v) is 3.93. The van der Waals surface area contributed by atoms with Crippen molar-refractivity contribution in [2.24, 2.45) is 5.41 Å². The third-order valence-electron chi connectivity index (χ3n) is 3.93. The van der Waals surface area contributed by atoms with E-state index in [1.165, 1.54) is 11.1 Å². The van der Waals surface area contributed by atoms with Crippen LogP contribution in [0.4, 0.5) is 0 Å². The van der Waals surface area contributed by atoms with E-state index in [9.17, 15) is 4.79 Å². The Morgan fingerprint density at radius 1 is 1.05 bits per heavy atom. The molecule has 2 nitrogen and oxygen atoms in total. The van der Waals surface area contributed by atoms with Crippen molar-refractivity contribution in [2.45, 2.75) is 66.7 Å². The largest absolute Gasteiger partial charge is 0.426 e. The Morgan fingerprint density at radius 3 is 1.85 bits per heavy atom. The van der Waals surface area contributed by atoms with Gasteiger partial charge in [-0.25, -0.2) is 0 Å². The highest BCUT2D eigenvalue weighted by Gasteiger charge is 2.27. The van der Waals surface area contributed by atoms with Gasteiger partial charge in [0.1, 0.15) is 5.75 Å². The average molecular weight is 276 g/mol. The normalized spacial score (nSPS) is 12.1. The monoisotopic (exact) mass is 276 g/mol. The molecule has 0 fully saturated rings. The predicted octanol–water partition coefficient (Wildman–Crippen LogP) is 5.28. The molecule has 0 saturated carbocycles. The number of rotatable bonds is 5. The summed E-state index contributed by atoms with van der Waals surface area (Å²) in [6.45, 7) is 14.5. The Bertz CT molecular complexity index is 444. The fourth-order valence-electron chi connectivity index (χ4n) is 1.76. The molecule has 0 aliphatic heterocycles. The predicted molar refractivity (Wildman–Crippen MR) is 84.3 cm³/mol. The maximum absolute atomic E-state index is 12.2. The van der Waals surface area contributed by atoms with Crippen molar-refractivity contribution < 1.29 is 9.53 Å². The number of hydrogen-bond acceptors (Lipinski definition) is 2. The molecule has 2 heteroatoms. The van der Waals surface area contributed by atoms with Gasteiger partial charge in [-0.2, -0.15) is 0 Å². The summed E-state index contributed by atoms with van der Waals surface area (Å²) in [7, 11) is 0. The first kappa shape index (κ1) is 16.7. The molecular formula is C18H28O2. The standard InChI is InChI=1S/C18H28O2/c1-8-18(6,7)17(19)20-16-10-14(12(2)3)9-15(11-16)13(4)5/h9-13H,8H2,1-7H3. The van der Waals surface area contributed by atoms with Crippen LogP contribution in [0.1, 0.15) is 77.8 Å². The maximum Gasteiger partial charge on any atom is 0.316 e. The van der Waals surface area contributed by atoms with Crippen LogP contribution in [-0.2, 0) is 4.79 Å². The van der Waals surface area contributed by atoms with E-state index in [-0.39, 0.29) is 5.97 Å². The number of ether oxygens (including phenoxy) is 1. The topological polar surface area (TPSA) is 26.3 Å². The van der Waals surface area contributed by atoms with E-state index in [4.69, 9.17) is 4.74 Å². The van der Waals surface area contributed by atoms with Crippen molar-refractivity contribution in [2.75, 3.05) is 0 Å². The molecule has 1 aromatic carbocycles. The van der Waals surface area contributed by atoms with Gasteiger partial charge in [-0.15, -0.1) is 0 Å². The molecule has 0 saturated heterocycles. The van der Waals surface area contributed by atoms with Crippen LogP contribution in [0, 0.1) is 5.41 Å². The summed E-state index contributed by atoms with van der Waals surface area (Å²) in [4.78, 5) is 12.2. The molecule has 0 aromatic heterocycles. The minimum Gasteiger partial charge on any atom is -0.426 e. The van der Waals surface area contributed by atoms with E-state index in [2.05, 4.69) is 33.8 Å². The van der Waals surface area contributed by atoms with Gasteiger partial charge in [0.15, 0.2) is 0 Å². The summed E-state index contributed by atoms with van der Waals surface area (Å²) in [5.41, 5.74) is 1.99. The second-order valence-electron chi connectivity index (χ2n) is 6.77. The highest BCUT2D eigenvalue weighted by molar-refractivity contribution is 5.78. The molecule has 0 heterocycles. The molecule has 0 N–H and O–H groups in total. The molecule has 1 aromatic rings. The van der Waals surface area contributed by atoms with Gasteiger partial charge in [0, 0.05) is 0 Å². The third kappa shape index (κ3) is 4.09. The number of carbonyl (C=O) groups is 1. The smallest absolute Gasteiger partial charge is 0.316 e. The van der Waals surface area contributed by atoms with Crippen LogP contribution >= 0.6 is 0 Å². The molecule has 0 spiro atoms. The summed E-state index contributed by atoms with van der Waals surface area (Å²) < 4.78 is 5.61. The lowest BCUT2D eigenvalue weighted by molar-refractivity contribution is -0.144. The number of esters is 1. The molecule has 0 atom stereocenters. The van der Waals surface area contributed by atoms with Gasteiger partial charge in [-0.05, 0) is 55.4 Å². The Hall–Kier alpha value is -1.31. The van der Waals surface area contributed by atoms with Crippen LogP contribution < -0.4 is 4.74 Å². The molecule has 0 amide bonds. The van der Waals surface area contributed by atoms with Crippen LogP contribution in [0.25, 0.3) is 0 Å². The van der Waals surface area contributed by atoms with Crippen molar-refractivity contribution >= 4 is 5.97 Å². The lowest BCUT2D eigenvalue weighted by Crippen LogP contribution is -2.28. The van der Waals surface area contributed by atoms with Gasteiger partial charge in [-0.3, -0.25) is 4.79 Å². The Balaban J connectivity index is 3.09. The van der Waals surface area contributed by atoms with Crippen LogP contribution in [0.2, 0.25) is 0 Å². The van der Waals surface area contributed by atoms with Gasteiger partial charge in [0.25, 0.3) is 0 Å². The summed E-state index contributed by atoms with van der Waals surface area (Å²) in [6, 6.07) is 6.18. The van der Waals surface area contributed by atoms with E-state index in [1.807, 2.05) is 32.9 Å². The lowest BCUT2D eigenvalue weighted by Gasteiger charge is -2.21. The maximum atomic E-state index is 12.2. The van der Waals surface area contributed by atoms with E-state index in [0.717, 1.165) is 6.42 Å². The van der Waals surface area contributed by atoms with Crippen molar-refractivity contribution in [3.8, 4) is 5.75 Å². The molecule has 20 heavy (non-hydrogen) atoms. The van der Waals surface area contributed by atoms with E-state index in [0.29, 0.717) is 17.6 Å². The first-order valence-corrected chi connectivity index (χ1v) is 7.54. The van der Waals surface area contributed by atoms with Crippen LogP contribution in [0.5, 0.6) is 5.75 Å². The molecule has 0 bridgehead atoms. The van der Waals surface area contributed by atoms with E-state index in [1.54, 1.807) is 0 Å². The minimum atomic E-state index is -0.439. The van der Waals surface area contributed by atoms with E-state index >= 15 is 0 Å². The first-order valence-electron chi connectivity index (χ1n) is 7.54. The van der Waals surface area contributed by atoms with Gasteiger partial charge >= 0.3 is 5.97 Å². The zero-order valence-electron chi connectivity index (χ0n) is 13.9. The number of benzene rings is 1. The van der Waals surface area contributed by atoms with Crippen molar-refractivity contribution in [3.05, 3.63) is 29.3 Å². The second kappa shape index (κ2) is 6.43. The summed E-state index contributed by atoms with van der Waals surface area (Å²) >= 11 is 0. The van der Waals surface area contributed by atoms with Gasteiger partial charge < -0.3 is 4.74 Å². The van der Waals surface area contributed by atoms with Gasteiger partial charge in [0.2, 0.25) is 0 Å². The molecule has 0 aliphatic rings. The molecule has 112 valence electrons. The van der Waals surface area contributed by atoms with Crippen LogP contribution in [-0.4, -0.2) is 5.97 Å². The molecule has 0 unspecified atom stereocenters. The van der Waals surface area contributed by atoms with Crippen LogP contribution in [0.3, 0.4) is 0 Å². The Morgan fingerprint density at radius 2 is 1.50 bits per heavy atom. The SMILES string of the molecule is CCC(C)(C)C(=O)Oc1cc(C(C)C)cc(C(C)C)c1. The average Bonchev–Trinajstić information content (AvgIpc) is 2.38. The summed E-state index contributed by atoms with van der Waals surface area (Å²) in [6.07, 6.45) is 0.771. The molecule has 1 rings (SSSR count). The zero-order valence-corrected chi connectivity index (χ0v) is 13.9. The molecule has 0 radical (unpaired) electrons. The van der Waals surface area contributed by atoms with Crippen molar-refractivity contribution in [1.82, 2.24) is 0 Å². The summed E-state index contributed by atoms with van der Waals surface area (Å²) in [5, 5.41) is 0. The Labute approximate surface area is 123 Å². The van der Waals surface area contributed by atoms with Gasteiger partial charge in [-0.1, -0.05) is 40.7 Å². The summed E-state index contributed by atoms with van der Waals surface area (Å²) in [5.74, 6) is 1.36. The highest BCUT2D eigenvalue weighted by atomic mass is 16.5. The highest BCUT2D eigenvalue weighted by Crippen LogP contribution is 2.29. The zero-order chi connectivity index (χ0) is 15.5. The van der Waals surface area contributed by atoms with E-state index < -0.39 is 5.41 Å². The van der Waals surface area contributed by atoms with Gasteiger partial charge in [0.05, 0.1) is 5.41 Å². The van der Waals surface area contributed by atoms with Crippen molar-refractivity contribution in [3.63, 3.8) is 0 Å². The van der Waals surface area contributed by atoms with Crippen molar-refractivity contribution in [1.29, 1.82) is 0 Å². The lowest BCUT2D eigenvalue weighted by atomic mass is 9.90. The van der Waals surface area contributed by atoms with Crippen LogP contribution in [0.15, 0.2) is 18.2 Å².